The summed E-state index contributed by atoms with van der Waals surface area (Å²) in [5.41, 5.74) is -0.714. The average molecular weight is 521 g/mol. The molecule has 0 aromatic heterocycles. The van der Waals surface area contributed by atoms with E-state index < -0.39 is 23.2 Å². The van der Waals surface area contributed by atoms with E-state index >= 15 is 0 Å². The van der Waals surface area contributed by atoms with Crippen molar-refractivity contribution < 1.29 is 46.3 Å². The van der Waals surface area contributed by atoms with Gasteiger partial charge in [0.2, 0.25) is 0 Å². The number of halogens is 3. The summed E-state index contributed by atoms with van der Waals surface area (Å²) in [6.45, 7) is 7.40. The van der Waals surface area contributed by atoms with Crippen LogP contribution in [-0.2, 0) is 33.2 Å². The van der Waals surface area contributed by atoms with Gasteiger partial charge in [0.15, 0.2) is 5.79 Å². The molecule has 1 unspecified atom stereocenters. The number of methoxy groups -OCH3 is 2. The Hall–Kier alpha value is -1.17. The SMILES string of the molecule is C=C1CCC2(CC1CC[C@@]1(OCOC)C(OC(F)(F)F)=CC[C@]3(C)[C@@H](OCOC)CC[C@H]31)OCCO2. The third-order valence-electron chi connectivity index (χ3n) is 8.64. The van der Waals surface area contributed by atoms with Gasteiger partial charge in [-0.15, -0.1) is 13.2 Å². The Labute approximate surface area is 211 Å². The quantitative estimate of drug-likeness (QED) is 0.280. The number of ether oxygens (including phenoxy) is 7. The molecule has 3 fully saturated rings. The molecule has 1 heterocycles. The second kappa shape index (κ2) is 10.9. The van der Waals surface area contributed by atoms with E-state index in [4.69, 9.17) is 28.4 Å². The molecular formula is C26H39F3O7. The molecule has 4 rings (SSSR count). The molecule has 10 heteroatoms. The summed E-state index contributed by atoms with van der Waals surface area (Å²) in [5, 5.41) is 0. The van der Waals surface area contributed by atoms with E-state index in [1.54, 1.807) is 7.11 Å². The van der Waals surface area contributed by atoms with Crippen molar-refractivity contribution in [2.24, 2.45) is 17.3 Å². The Morgan fingerprint density at radius 3 is 2.50 bits per heavy atom. The smallest absolute Gasteiger partial charge is 0.408 e. The molecule has 0 bridgehead atoms. The lowest BCUT2D eigenvalue weighted by Gasteiger charge is -2.51. The zero-order chi connectivity index (χ0) is 26.0. The lowest BCUT2D eigenvalue weighted by Crippen LogP contribution is -2.54. The van der Waals surface area contributed by atoms with Gasteiger partial charge < -0.3 is 33.2 Å². The molecule has 1 saturated heterocycles. The van der Waals surface area contributed by atoms with E-state index in [9.17, 15) is 13.2 Å². The van der Waals surface area contributed by atoms with Crippen molar-refractivity contribution in [2.45, 2.75) is 82.1 Å². The van der Waals surface area contributed by atoms with Gasteiger partial charge in [-0.2, -0.15) is 0 Å². The molecular weight excluding hydrogens is 481 g/mol. The summed E-state index contributed by atoms with van der Waals surface area (Å²) in [6, 6.07) is 0. The second-order valence-electron chi connectivity index (χ2n) is 10.7. The minimum absolute atomic E-state index is 0.0298. The Balaban J connectivity index is 1.64. The van der Waals surface area contributed by atoms with Crippen LogP contribution in [0, 0.1) is 17.3 Å². The molecule has 1 spiro atoms. The number of allylic oxidation sites excluding steroid dienone is 2. The highest BCUT2D eigenvalue weighted by Crippen LogP contribution is 2.60. The highest BCUT2D eigenvalue weighted by Gasteiger charge is 2.62. The van der Waals surface area contributed by atoms with Crippen LogP contribution in [0.4, 0.5) is 13.2 Å². The maximum Gasteiger partial charge on any atom is 0.572 e. The zero-order valence-corrected chi connectivity index (χ0v) is 21.5. The molecule has 4 aliphatic rings. The summed E-state index contributed by atoms with van der Waals surface area (Å²) in [4.78, 5) is 0. The van der Waals surface area contributed by atoms with Crippen molar-refractivity contribution in [3.05, 3.63) is 24.0 Å². The highest BCUT2D eigenvalue weighted by molar-refractivity contribution is 5.25. The summed E-state index contributed by atoms with van der Waals surface area (Å²) >= 11 is 0. The molecule has 3 aliphatic carbocycles. The third-order valence-corrected chi connectivity index (χ3v) is 8.64. The molecule has 0 amide bonds. The first kappa shape index (κ1) is 27.9. The fourth-order valence-electron chi connectivity index (χ4n) is 6.91. The van der Waals surface area contributed by atoms with Crippen molar-refractivity contribution in [3.63, 3.8) is 0 Å². The molecule has 0 aromatic rings. The Morgan fingerprint density at radius 2 is 1.83 bits per heavy atom. The molecule has 5 atom stereocenters. The lowest BCUT2D eigenvalue weighted by molar-refractivity contribution is -0.325. The Kier molecular flexibility index (Phi) is 8.44. The monoisotopic (exact) mass is 520 g/mol. The number of hydrogen-bond acceptors (Lipinski definition) is 7. The van der Waals surface area contributed by atoms with E-state index in [1.807, 2.05) is 0 Å². The zero-order valence-electron chi connectivity index (χ0n) is 21.5. The van der Waals surface area contributed by atoms with Crippen LogP contribution < -0.4 is 0 Å². The van der Waals surface area contributed by atoms with Crippen molar-refractivity contribution in [1.29, 1.82) is 0 Å². The van der Waals surface area contributed by atoms with Gasteiger partial charge in [0, 0.05) is 38.4 Å². The molecule has 0 radical (unpaired) electrons. The fourth-order valence-corrected chi connectivity index (χ4v) is 6.91. The summed E-state index contributed by atoms with van der Waals surface area (Å²) in [5.74, 6) is -1.05. The maximum absolute atomic E-state index is 13.6. The first-order valence-electron chi connectivity index (χ1n) is 12.7. The molecule has 36 heavy (non-hydrogen) atoms. The molecule has 0 aromatic carbocycles. The van der Waals surface area contributed by atoms with Crippen LogP contribution in [0.3, 0.4) is 0 Å². The van der Waals surface area contributed by atoms with Crippen LogP contribution in [-0.4, -0.2) is 64.9 Å². The van der Waals surface area contributed by atoms with E-state index in [2.05, 4.69) is 18.2 Å². The molecule has 206 valence electrons. The van der Waals surface area contributed by atoms with Gasteiger partial charge in [-0.05, 0) is 50.5 Å². The lowest BCUT2D eigenvalue weighted by atomic mass is 9.61. The van der Waals surface area contributed by atoms with Gasteiger partial charge >= 0.3 is 6.36 Å². The fraction of sp³-hybridized carbons (Fsp3) is 0.846. The first-order valence-corrected chi connectivity index (χ1v) is 12.7. The van der Waals surface area contributed by atoms with Crippen molar-refractivity contribution in [2.75, 3.05) is 41.0 Å². The van der Waals surface area contributed by atoms with Crippen molar-refractivity contribution in [1.82, 2.24) is 0 Å². The van der Waals surface area contributed by atoms with Crippen molar-refractivity contribution >= 4 is 0 Å². The normalized spacial score (nSPS) is 36.2. The van der Waals surface area contributed by atoms with Gasteiger partial charge in [-0.25, -0.2) is 0 Å². The number of alkyl halides is 3. The van der Waals surface area contributed by atoms with Crippen LogP contribution in [0.2, 0.25) is 0 Å². The highest BCUT2D eigenvalue weighted by atomic mass is 19.4. The topological polar surface area (TPSA) is 64.6 Å². The summed E-state index contributed by atoms with van der Waals surface area (Å²) in [7, 11) is 3.02. The summed E-state index contributed by atoms with van der Waals surface area (Å²) in [6.07, 6.45) is 1.24. The van der Waals surface area contributed by atoms with Crippen LogP contribution in [0.25, 0.3) is 0 Å². The Morgan fingerprint density at radius 1 is 1.11 bits per heavy atom. The van der Waals surface area contributed by atoms with E-state index in [0.29, 0.717) is 51.7 Å². The van der Waals surface area contributed by atoms with Gasteiger partial charge in [0.25, 0.3) is 0 Å². The molecule has 1 aliphatic heterocycles. The van der Waals surface area contributed by atoms with Crippen LogP contribution >= 0.6 is 0 Å². The predicted molar refractivity (Wildman–Crippen MR) is 123 cm³/mol. The number of hydrogen-bond donors (Lipinski definition) is 0. The van der Waals surface area contributed by atoms with E-state index in [-0.39, 0.29) is 37.3 Å². The van der Waals surface area contributed by atoms with Gasteiger partial charge in [0.05, 0.1) is 19.3 Å². The van der Waals surface area contributed by atoms with Gasteiger partial charge in [-0.1, -0.05) is 19.1 Å². The molecule has 0 N–H and O–H groups in total. The summed E-state index contributed by atoms with van der Waals surface area (Å²) < 4.78 is 79.9. The predicted octanol–water partition coefficient (Wildman–Crippen LogP) is 5.45. The van der Waals surface area contributed by atoms with E-state index in [1.165, 1.54) is 13.2 Å². The molecule has 7 nitrogen and oxygen atoms in total. The number of rotatable bonds is 10. The average Bonchev–Trinajstić information content (AvgIpc) is 3.42. The van der Waals surface area contributed by atoms with E-state index in [0.717, 1.165) is 18.4 Å². The number of fused-ring (bicyclic) bond motifs is 1. The minimum atomic E-state index is -4.84. The van der Waals surface area contributed by atoms with Crippen LogP contribution in [0.5, 0.6) is 0 Å². The minimum Gasteiger partial charge on any atom is -0.408 e. The third kappa shape index (κ3) is 5.49. The standard InChI is InChI=1S/C26H39F3O7/c1-18-7-11-24(33-13-14-34-24)15-19(18)8-12-25(35-17-31-4)20-5-6-21(32-16-30-3)23(20,2)10-9-22(25)36-26(27,28)29/h9,19-21H,1,5-8,10-17H2,2-4H3/t19?,20-,21+,23+,25+/m1/s1. The Bertz CT molecular complexity index is 810. The van der Waals surface area contributed by atoms with Gasteiger partial charge in [-0.3, -0.25) is 0 Å². The van der Waals surface area contributed by atoms with Gasteiger partial charge in [0.1, 0.15) is 24.9 Å². The first-order chi connectivity index (χ1) is 17.1. The largest absolute Gasteiger partial charge is 0.572 e. The second-order valence-corrected chi connectivity index (χ2v) is 10.7. The van der Waals surface area contributed by atoms with Crippen LogP contribution in [0.1, 0.15) is 58.3 Å². The van der Waals surface area contributed by atoms with Crippen LogP contribution in [0.15, 0.2) is 24.0 Å². The maximum atomic E-state index is 13.6. The van der Waals surface area contributed by atoms with Crippen molar-refractivity contribution in [3.8, 4) is 0 Å². The molecule has 2 saturated carbocycles.